The number of benzene rings is 1. The SMILES string of the molecule is CC1(C)Oc2ccccc2C(COS([NH-])(=O)=O)O1.O.O.O.[Na+]. The molecule has 0 bridgehead atoms. The minimum atomic E-state index is -4.23. The molecule has 0 saturated heterocycles. The molecule has 1 aliphatic heterocycles. The van der Waals surface area contributed by atoms with Crippen LogP contribution in [0.2, 0.25) is 0 Å². The number of para-hydroxylation sites is 1. The Labute approximate surface area is 151 Å². The molecule has 7 N–H and O–H groups in total. The van der Waals surface area contributed by atoms with Crippen LogP contribution in [-0.4, -0.2) is 37.2 Å². The van der Waals surface area contributed by atoms with Gasteiger partial charge in [0.05, 0.1) is 6.61 Å². The van der Waals surface area contributed by atoms with Crippen molar-refractivity contribution in [2.45, 2.75) is 25.7 Å². The van der Waals surface area contributed by atoms with Crippen LogP contribution in [0.1, 0.15) is 25.5 Å². The summed E-state index contributed by atoms with van der Waals surface area (Å²) in [4.78, 5) is 0. The first-order valence-corrected chi connectivity index (χ1v) is 6.77. The third-order valence-electron chi connectivity index (χ3n) is 2.42. The Morgan fingerprint density at radius 1 is 1.23 bits per heavy atom. The Balaban J connectivity index is -0.000000902. The smallest absolute Gasteiger partial charge is 0.540 e. The Morgan fingerprint density at radius 2 is 1.77 bits per heavy atom. The van der Waals surface area contributed by atoms with Gasteiger partial charge < -0.3 is 31.0 Å². The molecule has 0 radical (unpaired) electrons. The van der Waals surface area contributed by atoms with Crippen molar-refractivity contribution in [1.82, 2.24) is 0 Å². The van der Waals surface area contributed by atoms with E-state index in [1.807, 2.05) is 6.07 Å². The molecule has 22 heavy (non-hydrogen) atoms. The first-order chi connectivity index (χ1) is 8.27. The van der Waals surface area contributed by atoms with Crippen molar-refractivity contribution in [2.75, 3.05) is 6.61 Å². The van der Waals surface area contributed by atoms with E-state index in [-0.39, 0.29) is 52.6 Å². The standard InChI is InChI=1S/C11H14NO5S.Na.3H2O/c1-11(2)16-9-6-4-3-5-8(9)10(17-11)7-15-18(12,13)14;;;;/h3-6,10H,7H2,1-2H3,(H-,12,13,14);;3*1H2/q-1;+1;;;. The van der Waals surface area contributed by atoms with Gasteiger partial charge in [0.25, 0.3) is 0 Å². The summed E-state index contributed by atoms with van der Waals surface area (Å²) in [5.74, 6) is -0.238. The van der Waals surface area contributed by atoms with Gasteiger partial charge in [-0.3, -0.25) is 4.18 Å². The predicted molar refractivity (Wildman–Crippen MR) is 75.0 cm³/mol. The summed E-state index contributed by atoms with van der Waals surface area (Å²) in [6.07, 6.45) is -0.579. The van der Waals surface area contributed by atoms with Crippen molar-refractivity contribution in [3.05, 3.63) is 35.0 Å². The summed E-state index contributed by atoms with van der Waals surface area (Å²) in [5.41, 5.74) is 0.709. The average molecular weight is 349 g/mol. The molecule has 2 rings (SSSR count). The second-order valence-corrected chi connectivity index (χ2v) is 5.53. The Morgan fingerprint density at radius 3 is 2.32 bits per heavy atom. The number of hydrogen-bond donors (Lipinski definition) is 0. The van der Waals surface area contributed by atoms with Crippen LogP contribution >= 0.6 is 0 Å². The third kappa shape index (κ3) is 7.33. The van der Waals surface area contributed by atoms with E-state index in [1.165, 1.54) is 0 Å². The Hall–Kier alpha value is -0.270. The second-order valence-electron chi connectivity index (χ2n) is 4.38. The molecule has 11 heteroatoms. The van der Waals surface area contributed by atoms with E-state index in [1.54, 1.807) is 32.0 Å². The average Bonchev–Trinajstić information content (AvgIpc) is 2.23. The molecule has 0 aliphatic carbocycles. The molecule has 0 fully saturated rings. The summed E-state index contributed by atoms with van der Waals surface area (Å²) in [6.45, 7) is 3.21. The van der Waals surface area contributed by atoms with E-state index in [0.717, 1.165) is 0 Å². The summed E-state index contributed by atoms with van der Waals surface area (Å²) in [6, 6.07) is 7.17. The van der Waals surface area contributed by atoms with Crippen LogP contribution < -0.4 is 34.3 Å². The van der Waals surface area contributed by atoms with Crippen LogP contribution in [-0.2, 0) is 19.2 Å². The van der Waals surface area contributed by atoms with Gasteiger partial charge in [0, 0.05) is 19.4 Å². The number of rotatable bonds is 3. The predicted octanol–water partition coefficient (Wildman–Crippen LogP) is -3.28. The number of hydrogen-bond acceptors (Lipinski definition) is 5. The topological polar surface area (TPSA) is 180 Å². The van der Waals surface area contributed by atoms with E-state index in [4.69, 9.17) is 14.6 Å². The van der Waals surface area contributed by atoms with Crippen LogP contribution in [0.3, 0.4) is 0 Å². The zero-order valence-electron chi connectivity index (χ0n) is 12.5. The molecule has 1 atom stereocenters. The Bertz CT molecular complexity index is 551. The van der Waals surface area contributed by atoms with Crippen molar-refractivity contribution >= 4 is 10.3 Å². The molecular formula is C11H20NNaO8S. The van der Waals surface area contributed by atoms with Crippen LogP contribution in [0, 0.1) is 0 Å². The minimum Gasteiger partial charge on any atom is -0.540 e. The summed E-state index contributed by atoms with van der Waals surface area (Å²) < 4.78 is 37.1. The van der Waals surface area contributed by atoms with Gasteiger partial charge in [-0.2, -0.15) is 0 Å². The molecule has 1 unspecified atom stereocenters. The third-order valence-corrected chi connectivity index (χ3v) is 2.87. The molecule has 0 spiro atoms. The van der Waals surface area contributed by atoms with Gasteiger partial charge in [-0.1, -0.05) is 18.2 Å². The molecule has 0 aromatic heterocycles. The van der Waals surface area contributed by atoms with Gasteiger partial charge in [-0.05, 0) is 6.07 Å². The van der Waals surface area contributed by atoms with Gasteiger partial charge in [0.1, 0.15) is 11.9 Å². The maximum absolute atomic E-state index is 10.7. The maximum atomic E-state index is 10.7. The summed E-state index contributed by atoms with van der Waals surface area (Å²) >= 11 is 0. The quantitative estimate of drug-likeness (QED) is 0.518. The van der Waals surface area contributed by atoms with Gasteiger partial charge in [-0.15, -0.1) is 0 Å². The summed E-state index contributed by atoms with van der Waals surface area (Å²) in [5, 5.41) is 6.70. The van der Waals surface area contributed by atoms with E-state index in [9.17, 15) is 8.42 Å². The van der Waals surface area contributed by atoms with Crippen molar-refractivity contribution in [3.63, 3.8) is 0 Å². The molecule has 1 aliphatic rings. The molecular weight excluding hydrogens is 329 g/mol. The van der Waals surface area contributed by atoms with Crippen LogP contribution in [0.15, 0.2) is 24.3 Å². The first kappa shape index (κ1) is 26.6. The van der Waals surface area contributed by atoms with Crippen molar-refractivity contribution in [2.24, 2.45) is 0 Å². The normalized spacial score (nSPS) is 18.0. The zero-order chi connectivity index (χ0) is 13.4. The van der Waals surface area contributed by atoms with Gasteiger partial charge in [0.2, 0.25) is 5.79 Å². The van der Waals surface area contributed by atoms with E-state index in [0.29, 0.717) is 11.3 Å². The maximum Gasteiger partial charge on any atom is 1.00 e. The molecule has 1 aromatic rings. The largest absolute Gasteiger partial charge is 1.00 e. The molecule has 9 nitrogen and oxygen atoms in total. The number of ether oxygens (including phenoxy) is 2. The zero-order valence-corrected chi connectivity index (χ0v) is 15.4. The van der Waals surface area contributed by atoms with E-state index < -0.39 is 22.2 Å². The Kier molecular flexibility index (Phi) is 11.8. The van der Waals surface area contributed by atoms with Crippen LogP contribution in [0.5, 0.6) is 5.75 Å². The van der Waals surface area contributed by atoms with E-state index in [2.05, 4.69) is 4.18 Å². The van der Waals surface area contributed by atoms with Gasteiger partial charge >= 0.3 is 29.6 Å². The van der Waals surface area contributed by atoms with Crippen molar-refractivity contribution < 1.29 is 68.1 Å². The fourth-order valence-electron chi connectivity index (χ4n) is 1.81. The molecule has 124 valence electrons. The monoisotopic (exact) mass is 349 g/mol. The molecule has 0 saturated carbocycles. The van der Waals surface area contributed by atoms with E-state index >= 15 is 0 Å². The number of nitrogens with one attached hydrogen (secondary N) is 1. The van der Waals surface area contributed by atoms with Crippen molar-refractivity contribution in [1.29, 1.82) is 0 Å². The van der Waals surface area contributed by atoms with Gasteiger partial charge in [0.15, 0.2) is 10.3 Å². The van der Waals surface area contributed by atoms with Gasteiger partial charge in [-0.25, -0.2) is 8.42 Å². The fourth-order valence-corrected chi connectivity index (χ4v) is 2.11. The molecule has 1 aromatic carbocycles. The summed E-state index contributed by atoms with van der Waals surface area (Å²) in [7, 11) is -4.23. The van der Waals surface area contributed by atoms with Crippen LogP contribution in [0.4, 0.5) is 0 Å². The number of fused-ring (bicyclic) bond motifs is 1. The van der Waals surface area contributed by atoms with Crippen molar-refractivity contribution in [3.8, 4) is 5.75 Å². The second kappa shape index (κ2) is 9.78. The molecule has 0 amide bonds. The minimum absolute atomic E-state index is 0. The van der Waals surface area contributed by atoms with Crippen LogP contribution in [0.25, 0.3) is 5.14 Å². The molecule has 1 heterocycles. The fraction of sp³-hybridized carbons (Fsp3) is 0.455. The first-order valence-electron chi connectivity index (χ1n) is 5.37.